The van der Waals surface area contributed by atoms with Crippen molar-refractivity contribution in [2.45, 2.75) is 0 Å². The number of anilines is 4. The zero-order valence-electron chi connectivity index (χ0n) is 28.2. The minimum absolute atomic E-state index is 0.0315. The molecule has 258 valence electrons. The Bertz CT molecular complexity index is 2560. The van der Waals surface area contributed by atoms with Gasteiger partial charge in [0, 0.05) is 11.1 Å². The first kappa shape index (κ1) is 32.2. The molecule has 0 saturated heterocycles. The molecule has 0 atom stereocenters. The smallest absolute Gasteiger partial charge is 0.266 e. The maximum absolute atomic E-state index is 14.2. The first-order valence-electron chi connectivity index (χ1n) is 17.0. The molecule has 9 rings (SSSR count). The van der Waals surface area contributed by atoms with Crippen LogP contribution in [0.5, 0.6) is 0 Å². The van der Waals surface area contributed by atoms with Gasteiger partial charge in [-0.25, -0.2) is 9.80 Å². The SMILES string of the molecule is O=C(Nc1cc(NC(=O)c2cccc3ccccc23)c(N2C(=O)c3ccccc3C2=O)cc1N1C(=O)c2ccccc2C1=O)c1cccc2ccccc12. The average Bonchev–Trinajstić information content (AvgIpc) is 3.61. The highest BCUT2D eigenvalue weighted by Crippen LogP contribution is 2.43. The molecule has 0 spiro atoms. The molecule has 0 bridgehead atoms. The fourth-order valence-corrected chi connectivity index (χ4v) is 7.19. The molecular weight excluding hydrogens is 681 g/mol. The molecule has 6 amide bonds. The van der Waals surface area contributed by atoms with Crippen LogP contribution in [0, 0.1) is 0 Å². The van der Waals surface area contributed by atoms with Crippen molar-refractivity contribution < 1.29 is 28.8 Å². The lowest BCUT2D eigenvalue weighted by atomic mass is 10.0. The molecule has 0 saturated carbocycles. The summed E-state index contributed by atoms with van der Waals surface area (Å²) in [6, 6.07) is 40.5. The van der Waals surface area contributed by atoms with Crippen LogP contribution in [0.15, 0.2) is 146 Å². The number of hydrogen-bond donors (Lipinski definition) is 2. The second-order valence-electron chi connectivity index (χ2n) is 12.8. The summed E-state index contributed by atoms with van der Waals surface area (Å²) >= 11 is 0. The summed E-state index contributed by atoms with van der Waals surface area (Å²) < 4.78 is 0. The van der Waals surface area contributed by atoms with Gasteiger partial charge in [0.15, 0.2) is 0 Å². The molecule has 0 radical (unpaired) electrons. The largest absolute Gasteiger partial charge is 0.320 e. The Morgan fingerprint density at radius 1 is 0.389 bits per heavy atom. The molecule has 2 heterocycles. The molecule has 7 aromatic rings. The van der Waals surface area contributed by atoms with E-state index in [1.807, 2.05) is 36.4 Å². The van der Waals surface area contributed by atoms with E-state index in [0.717, 1.165) is 20.6 Å². The maximum Gasteiger partial charge on any atom is 0.266 e. The second kappa shape index (κ2) is 12.5. The average molecular weight is 707 g/mol. The maximum atomic E-state index is 14.2. The highest BCUT2D eigenvalue weighted by atomic mass is 16.2. The summed E-state index contributed by atoms with van der Waals surface area (Å²) in [5.74, 6) is -3.81. The van der Waals surface area contributed by atoms with Gasteiger partial charge in [-0.05, 0) is 70.1 Å². The fourth-order valence-electron chi connectivity index (χ4n) is 7.19. The van der Waals surface area contributed by atoms with Crippen LogP contribution >= 0.6 is 0 Å². The van der Waals surface area contributed by atoms with Crippen LogP contribution in [0.1, 0.15) is 62.1 Å². The number of nitrogens with one attached hydrogen (secondary N) is 2. The summed E-state index contributed by atoms with van der Waals surface area (Å²) in [5.41, 5.74) is 0.920. The Balaban J connectivity index is 1.25. The third kappa shape index (κ3) is 5.04. The van der Waals surface area contributed by atoms with E-state index >= 15 is 0 Å². The van der Waals surface area contributed by atoms with Crippen LogP contribution in [0.3, 0.4) is 0 Å². The van der Waals surface area contributed by atoms with Crippen LogP contribution in [0.4, 0.5) is 22.7 Å². The predicted molar refractivity (Wildman–Crippen MR) is 205 cm³/mol. The Morgan fingerprint density at radius 3 is 1.11 bits per heavy atom. The number of imide groups is 2. The topological polar surface area (TPSA) is 133 Å². The first-order chi connectivity index (χ1) is 26.3. The van der Waals surface area contributed by atoms with E-state index in [-0.39, 0.29) is 45.0 Å². The van der Waals surface area contributed by atoms with Crippen LogP contribution in [-0.2, 0) is 0 Å². The number of carbonyl (C=O) groups excluding carboxylic acids is 6. The second-order valence-corrected chi connectivity index (χ2v) is 12.8. The van der Waals surface area contributed by atoms with Crippen molar-refractivity contribution in [3.8, 4) is 0 Å². The summed E-state index contributed by atoms with van der Waals surface area (Å²) in [6.45, 7) is 0. The molecule has 0 aromatic heterocycles. The van der Waals surface area contributed by atoms with E-state index in [2.05, 4.69) is 10.6 Å². The van der Waals surface area contributed by atoms with Crippen LogP contribution in [-0.4, -0.2) is 35.4 Å². The van der Waals surface area contributed by atoms with Crippen LogP contribution in [0.2, 0.25) is 0 Å². The normalized spacial score (nSPS) is 13.4. The molecule has 2 aliphatic rings. The molecule has 0 fully saturated rings. The van der Waals surface area contributed by atoms with Crippen molar-refractivity contribution in [3.63, 3.8) is 0 Å². The van der Waals surface area contributed by atoms with Gasteiger partial charge in [0.1, 0.15) is 0 Å². The molecule has 10 nitrogen and oxygen atoms in total. The van der Waals surface area contributed by atoms with E-state index in [4.69, 9.17) is 0 Å². The Kier molecular flexibility index (Phi) is 7.45. The Morgan fingerprint density at radius 2 is 0.722 bits per heavy atom. The molecular formula is C44H26N4O6. The van der Waals surface area contributed by atoms with Crippen molar-refractivity contribution >= 4 is 79.7 Å². The molecule has 0 aliphatic carbocycles. The number of amides is 6. The fraction of sp³-hybridized carbons (Fsp3) is 0. The summed E-state index contributed by atoms with van der Waals surface area (Å²) in [5, 5.41) is 8.71. The minimum Gasteiger partial charge on any atom is -0.320 e. The van der Waals surface area contributed by atoms with Gasteiger partial charge < -0.3 is 10.6 Å². The van der Waals surface area contributed by atoms with Gasteiger partial charge in [0.25, 0.3) is 35.4 Å². The quantitative estimate of drug-likeness (QED) is 0.168. The number of hydrogen-bond acceptors (Lipinski definition) is 6. The number of fused-ring (bicyclic) bond motifs is 4. The molecule has 54 heavy (non-hydrogen) atoms. The zero-order valence-corrected chi connectivity index (χ0v) is 28.2. The highest BCUT2D eigenvalue weighted by Gasteiger charge is 2.42. The van der Waals surface area contributed by atoms with Gasteiger partial charge >= 0.3 is 0 Å². The third-order valence-electron chi connectivity index (χ3n) is 9.75. The van der Waals surface area contributed by atoms with Crippen LogP contribution < -0.4 is 20.4 Å². The van der Waals surface area contributed by atoms with E-state index in [1.54, 1.807) is 72.8 Å². The summed E-state index contributed by atoms with van der Waals surface area (Å²) in [6.07, 6.45) is 0. The zero-order chi connectivity index (χ0) is 37.1. The van der Waals surface area contributed by atoms with Gasteiger partial charge in [-0.3, -0.25) is 28.8 Å². The van der Waals surface area contributed by atoms with Crippen molar-refractivity contribution in [1.29, 1.82) is 0 Å². The summed E-state index contributed by atoms with van der Waals surface area (Å²) in [7, 11) is 0. The Hall–Kier alpha value is -7.72. The molecule has 2 aliphatic heterocycles. The Labute approximate surface area is 307 Å². The highest BCUT2D eigenvalue weighted by molar-refractivity contribution is 6.38. The van der Waals surface area contributed by atoms with Crippen LogP contribution in [0.25, 0.3) is 21.5 Å². The van der Waals surface area contributed by atoms with Crippen molar-refractivity contribution in [3.05, 3.63) is 179 Å². The molecule has 0 unspecified atom stereocenters. The van der Waals surface area contributed by atoms with Gasteiger partial charge in [-0.15, -0.1) is 0 Å². The van der Waals surface area contributed by atoms with E-state index in [9.17, 15) is 28.8 Å². The van der Waals surface area contributed by atoms with E-state index in [0.29, 0.717) is 21.9 Å². The lowest BCUT2D eigenvalue weighted by molar-refractivity contribution is 0.0912. The van der Waals surface area contributed by atoms with E-state index in [1.165, 1.54) is 36.4 Å². The number of nitrogens with zero attached hydrogens (tertiary/aromatic N) is 2. The van der Waals surface area contributed by atoms with Crippen molar-refractivity contribution in [2.75, 3.05) is 20.4 Å². The van der Waals surface area contributed by atoms with Gasteiger partial charge in [-0.1, -0.05) is 97.1 Å². The molecule has 10 heteroatoms. The number of carbonyl (C=O) groups is 6. The minimum atomic E-state index is -0.669. The molecule has 7 aromatic carbocycles. The van der Waals surface area contributed by atoms with Crippen molar-refractivity contribution in [1.82, 2.24) is 0 Å². The van der Waals surface area contributed by atoms with Gasteiger partial charge in [0.05, 0.1) is 45.0 Å². The lowest BCUT2D eigenvalue weighted by Crippen LogP contribution is -2.33. The third-order valence-corrected chi connectivity index (χ3v) is 9.75. The monoisotopic (exact) mass is 706 g/mol. The first-order valence-corrected chi connectivity index (χ1v) is 17.0. The number of rotatable bonds is 6. The van der Waals surface area contributed by atoms with Crippen molar-refractivity contribution in [2.24, 2.45) is 0 Å². The van der Waals surface area contributed by atoms with Gasteiger partial charge in [-0.2, -0.15) is 0 Å². The standard InChI is InChI=1S/C44H26N4O6/c49-39(29-21-9-13-25-11-1-3-15-27(25)29)45-35-23-36(46-40(50)30-22-10-14-26-12-2-4-16-28(26)30)38(48-43(53)33-19-7-8-20-34(33)44(48)54)24-37(35)47-41(51)31-17-5-6-18-32(31)42(47)52/h1-24H,(H,45,49)(H,46,50). The lowest BCUT2D eigenvalue weighted by Gasteiger charge is -2.25. The van der Waals surface area contributed by atoms with Gasteiger partial charge in [0.2, 0.25) is 0 Å². The predicted octanol–water partition coefficient (Wildman–Crippen LogP) is 8.10. The van der Waals surface area contributed by atoms with E-state index < -0.39 is 35.4 Å². The summed E-state index contributed by atoms with van der Waals surface area (Å²) in [4.78, 5) is 86.1. The number of benzene rings is 7. The molecule has 2 N–H and O–H groups in total.